The van der Waals surface area contributed by atoms with Crippen LogP contribution in [0.3, 0.4) is 0 Å². The second kappa shape index (κ2) is 7.64. The molecule has 3 aromatic rings. The van der Waals surface area contributed by atoms with Gasteiger partial charge in [0.2, 0.25) is 5.91 Å². The molecule has 1 N–H and O–H groups in total. The predicted molar refractivity (Wildman–Crippen MR) is 110 cm³/mol. The second-order valence-electron chi connectivity index (χ2n) is 7.47. The molecule has 154 valence electrons. The summed E-state index contributed by atoms with van der Waals surface area (Å²) >= 11 is 1.34. The van der Waals surface area contributed by atoms with Crippen molar-refractivity contribution in [2.75, 3.05) is 11.9 Å². The molecular formula is C21H20FN5O2S. The van der Waals surface area contributed by atoms with Crippen molar-refractivity contribution in [3.8, 4) is 5.69 Å². The minimum Gasteiger partial charge on any atom is -0.325 e. The Labute approximate surface area is 176 Å². The van der Waals surface area contributed by atoms with Gasteiger partial charge in [-0.05, 0) is 44.2 Å². The summed E-state index contributed by atoms with van der Waals surface area (Å²) < 4.78 is 16.0. The van der Waals surface area contributed by atoms with Gasteiger partial charge in [-0.25, -0.2) is 14.1 Å². The molecular weight excluding hydrogens is 405 g/mol. The number of nitrogens with zero attached hydrogens (tertiary/aromatic N) is 4. The molecule has 2 aliphatic rings. The molecule has 0 saturated carbocycles. The van der Waals surface area contributed by atoms with Gasteiger partial charge in [0.1, 0.15) is 17.5 Å². The van der Waals surface area contributed by atoms with Gasteiger partial charge in [0.25, 0.3) is 5.91 Å². The number of likely N-dealkylation sites (tertiary alicyclic amines) is 1. The highest BCUT2D eigenvalue weighted by molar-refractivity contribution is 7.13. The van der Waals surface area contributed by atoms with E-state index in [0.717, 1.165) is 36.9 Å². The van der Waals surface area contributed by atoms with Crippen LogP contribution in [0, 0.1) is 5.82 Å². The van der Waals surface area contributed by atoms with Crippen LogP contribution in [0.25, 0.3) is 5.69 Å². The Bertz CT molecular complexity index is 1110. The monoisotopic (exact) mass is 425 g/mol. The lowest BCUT2D eigenvalue weighted by Gasteiger charge is -2.23. The van der Waals surface area contributed by atoms with E-state index < -0.39 is 6.04 Å². The first-order valence-corrected chi connectivity index (χ1v) is 10.9. The van der Waals surface area contributed by atoms with Crippen molar-refractivity contribution in [3.05, 3.63) is 58.6 Å². The van der Waals surface area contributed by atoms with Gasteiger partial charge in [-0.1, -0.05) is 12.1 Å². The van der Waals surface area contributed by atoms with Crippen LogP contribution >= 0.6 is 11.3 Å². The quantitative estimate of drug-likeness (QED) is 0.696. The van der Waals surface area contributed by atoms with Crippen LogP contribution in [-0.4, -0.2) is 44.1 Å². The number of halogens is 1. The molecule has 1 aliphatic carbocycles. The van der Waals surface area contributed by atoms with E-state index in [-0.39, 0.29) is 17.6 Å². The average Bonchev–Trinajstić information content (AvgIpc) is 3.51. The summed E-state index contributed by atoms with van der Waals surface area (Å²) in [7, 11) is 0. The Morgan fingerprint density at radius 1 is 1.20 bits per heavy atom. The standard InChI is InChI=1S/C21H20FN5O2S/c22-14-6-1-2-7-16(14)27-15-8-3-5-13(15)18(25-27)20(29)26-11-4-9-17(26)19(28)24-21-23-10-12-30-21/h1-2,6-7,10,12,17H,3-5,8-9,11H2,(H,23,24,28). The minimum atomic E-state index is -0.558. The number of para-hydroxylation sites is 1. The van der Waals surface area contributed by atoms with E-state index in [4.69, 9.17) is 0 Å². The van der Waals surface area contributed by atoms with Crippen molar-refractivity contribution in [1.82, 2.24) is 19.7 Å². The average molecular weight is 425 g/mol. The zero-order chi connectivity index (χ0) is 20.7. The smallest absolute Gasteiger partial charge is 0.275 e. The fourth-order valence-corrected chi connectivity index (χ4v) is 4.86. The Kier molecular flexibility index (Phi) is 4.82. The van der Waals surface area contributed by atoms with Crippen LogP contribution in [-0.2, 0) is 17.6 Å². The molecule has 3 heterocycles. The number of thiazole rings is 1. The number of hydrogen-bond donors (Lipinski definition) is 1. The van der Waals surface area contributed by atoms with Crippen LogP contribution in [0.15, 0.2) is 35.8 Å². The molecule has 30 heavy (non-hydrogen) atoms. The van der Waals surface area contributed by atoms with Gasteiger partial charge in [-0.15, -0.1) is 11.3 Å². The zero-order valence-electron chi connectivity index (χ0n) is 16.2. The molecule has 1 unspecified atom stereocenters. The predicted octanol–water partition coefficient (Wildman–Crippen LogP) is 3.20. The highest BCUT2D eigenvalue weighted by atomic mass is 32.1. The third-order valence-electron chi connectivity index (χ3n) is 5.69. The lowest BCUT2D eigenvalue weighted by Crippen LogP contribution is -2.43. The van der Waals surface area contributed by atoms with Crippen molar-refractivity contribution in [2.24, 2.45) is 0 Å². The molecule has 7 nitrogen and oxygen atoms in total. The first-order valence-electron chi connectivity index (χ1n) is 10.0. The van der Waals surface area contributed by atoms with Crippen molar-refractivity contribution in [2.45, 2.75) is 38.1 Å². The second-order valence-corrected chi connectivity index (χ2v) is 8.37. The summed E-state index contributed by atoms with van der Waals surface area (Å²) in [6.45, 7) is 0.496. The van der Waals surface area contributed by atoms with Crippen molar-refractivity contribution in [3.63, 3.8) is 0 Å². The number of nitrogens with one attached hydrogen (secondary N) is 1. The summed E-state index contributed by atoms with van der Waals surface area (Å²) in [5, 5.41) is 9.61. The number of carbonyl (C=O) groups excluding carboxylic acids is 2. The summed E-state index contributed by atoms with van der Waals surface area (Å²) in [6, 6.07) is 5.87. The van der Waals surface area contributed by atoms with Crippen LogP contribution in [0.5, 0.6) is 0 Å². The highest BCUT2D eigenvalue weighted by Crippen LogP contribution is 2.31. The zero-order valence-corrected chi connectivity index (χ0v) is 17.0. The van der Waals surface area contributed by atoms with Gasteiger partial charge < -0.3 is 10.2 Å². The van der Waals surface area contributed by atoms with Crippen LogP contribution < -0.4 is 5.32 Å². The SMILES string of the molecule is O=C(Nc1nccs1)C1CCCN1C(=O)c1nn(-c2ccccc2F)c2c1CCC2. The molecule has 1 atom stereocenters. The summed E-state index contributed by atoms with van der Waals surface area (Å²) in [5.41, 5.74) is 2.43. The van der Waals surface area contributed by atoms with Crippen molar-refractivity contribution in [1.29, 1.82) is 0 Å². The maximum atomic E-state index is 14.4. The Morgan fingerprint density at radius 3 is 2.87 bits per heavy atom. The fraction of sp³-hybridized carbons (Fsp3) is 0.333. The topological polar surface area (TPSA) is 80.1 Å². The number of amides is 2. The molecule has 0 bridgehead atoms. The first kappa shape index (κ1) is 18.9. The first-order chi connectivity index (χ1) is 14.6. The van der Waals surface area contributed by atoms with Crippen LogP contribution in [0.2, 0.25) is 0 Å². The summed E-state index contributed by atoms with van der Waals surface area (Å²) in [5.74, 6) is -0.878. The fourth-order valence-electron chi connectivity index (χ4n) is 4.32. The minimum absolute atomic E-state index is 0.235. The molecule has 1 fully saturated rings. The van der Waals surface area contributed by atoms with Crippen molar-refractivity contribution < 1.29 is 14.0 Å². The molecule has 1 aromatic carbocycles. The largest absolute Gasteiger partial charge is 0.325 e. The maximum Gasteiger partial charge on any atom is 0.275 e. The van der Waals surface area contributed by atoms with Gasteiger partial charge in [0.15, 0.2) is 10.8 Å². The van der Waals surface area contributed by atoms with E-state index >= 15 is 0 Å². The highest BCUT2D eigenvalue weighted by Gasteiger charge is 2.38. The number of carbonyl (C=O) groups is 2. The lowest BCUT2D eigenvalue weighted by atomic mass is 10.1. The van der Waals surface area contributed by atoms with E-state index in [9.17, 15) is 14.0 Å². The maximum absolute atomic E-state index is 14.4. The van der Waals surface area contributed by atoms with Crippen molar-refractivity contribution >= 4 is 28.3 Å². The molecule has 0 radical (unpaired) electrons. The number of aromatic nitrogens is 3. The third-order valence-corrected chi connectivity index (χ3v) is 6.38. The number of anilines is 1. The molecule has 2 aromatic heterocycles. The van der Waals surface area contributed by atoms with Gasteiger partial charge in [-0.2, -0.15) is 5.10 Å². The Hall–Kier alpha value is -3.07. The Morgan fingerprint density at radius 2 is 2.07 bits per heavy atom. The van der Waals surface area contributed by atoms with E-state index in [1.165, 1.54) is 17.4 Å². The summed E-state index contributed by atoms with van der Waals surface area (Å²) in [4.78, 5) is 31.8. The molecule has 5 rings (SSSR count). The molecule has 2 amide bonds. The summed E-state index contributed by atoms with van der Waals surface area (Å²) in [6.07, 6.45) is 5.34. The van der Waals surface area contributed by atoms with E-state index in [1.54, 1.807) is 39.4 Å². The molecule has 9 heteroatoms. The van der Waals surface area contributed by atoms with Gasteiger partial charge >= 0.3 is 0 Å². The van der Waals surface area contributed by atoms with E-state index in [1.807, 2.05) is 0 Å². The Balaban J connectivity index is 1.45. The van der Waals surface area contributed by atoms with E-state index in [0.29, 0.717) is 29.5 Å². The number of hydrogen-bond acceptors (Lipinski definition) is 5. The third kappa shape index (κ3) is 3.19. The van der Waals surface area contributed by atoms with E-state index in [2.05, 4.69) is 15.4 Å². The number of benzene rings is 1. The lowest BCUT2D eigenvalue weighted by molar-refractivity contribution is -0.119. The number of fused-ring (bicyclic) bond motifs is 1. The normalized spacial score (nSPS) is 17.9. The van der Waals surface area contributed by atoms with Crippen LogP contribution in [0.4, 0.5) is 9.52 Å². The molecule has 1 saturated heterocycles. The molecule has 0 spiro atoms. The van der Waals surface area contributed by atoms with Gasteiger partial charge in [-0.3, -0.25) is 9.59 Å². The number of rotatable bonds is 4. The van der Waals surface area contributed by atoms with Crippen LogP contribution in [0.1, 0.15) is 41.0 Å². The van der Waals surface area contributed by atoms with Gasteiger partial charge in [0.05, 0.1) is 0 Å². The molecule has 1 aliphatic heterocycles. The van der Waals surface area contributed by atoms with Gasteiger partial charge in [0, 0.05) is 29.4 Å².